The summed E-state index contributed by atoms with van der Waals surface area (Å²) in [4.78, 5) is 0. The Morgan fingerprint density at radius 1 is 1.24 bits per heavy atom. The van der Waals surface area contributed by atoms with Crippen molar-refractivity contribution < 1.29 is 0 Å². The molecule has 0 amide bonds. The summed E-state index contributed by atoms with van der Waals surface area (Å²) in [5.41, 5.74) is 1.09. The van der Waals surface area contributed by atoms with Gasteiger partial charge in [-0.3, -0.25) is 0 Å². The van der Waals surface area contributed by atoms with Crippen LogP contribution < -0.4 is 10.6 Å². The monoisotopic (exact) mass is 294 g/mol. The molecule has 0 atom stereocenters. The van der Waals surface area contributed by atoms with Crippen LogP contribution in [-0.4, -0.2) is 19.6 Å². The van der Waals surface area contributed by atoms with Gasteiger partial charge in [-0.2, -0.15) is 0 Å². The number of hydrogen-bond acceptors (Lipinski definition) is 3. The van der Waals surface area contributed by atoms with E-state index in [-0.39, 0.29) is 0 Å². The van der Waals surface area contributed by atoms with Crippen LogP contribution in [0, 0.1) is 5.92 Å². The Bertz CT molecular complexity index is 326. The molecule has 0 saturated heterocycles. The maximum Gasteiger partial charge on any atom is 0.0989 e. The van der Waals surface area contributed by atoms with Gasteiger partial charge in [-0.25, -0.2) is 0 Å². The fraction of sp³-hybridized carbons (Fsp3) is 0.667. The van der Waals surface area contributed by atoms with Crippen LogP contribution in [0.4, 0.5) is 0 Å². The zero-order valence-corrected chi connectivity index (χ0v) is 12.7. The van der Waals surface area contributed by atoms with E-state index in [1.807, 2.05) is 6.07 Å². The molecule has 17 heavy (non-hydrogen) atoms. The van der Waals surface area contributed by atoms with E-state index in [0.717, 1.165) is 52.8 Å². The second-order valence-corrected chi connectivity index (χ2v) is 6.76. The lowest BCUT2D eigenvalue weighted by atomic mass is 10.2. The van der Waals surface area contributed by atoms with Crippen molar-refractivity contribution in [3.63, 3.8) is 0 Å². The van der Waals surface area contributed by atoms with Crippen molar-refractivity contribution in [2.45, 2.75) is 26.8 Å². The maximum atomic E-state index is 6.02. The van der Waals surface area contributed by atoms with Gasteiger partial charge >= 0.3 is 0 Å². The Morgan fingerprint density at radius 3 is 2.53 bits per heavy atom. The normalized spacial score (nSPS) is 11.4. The van der Waals surface area contributed by atoms with Gasteiger partial charge in [0.1, 0.15) is 0 Å². The minimum Gasteiger partial charge on any atom is -0.316 e. The Morgan fingerprint density at radius 2 is 1.94 bits per heavy atom. The molecule has 0 spiro atoms. The summed E-state index contributed by atoms with van der Waals surface area (Å²) in [5, 5.41) is 6.78. The highest BCUT2D eigenvalue weighted by atomic mass is 35.5. The van der Waals surface area contributed by atoms with Crippen molar-refractivity contribution >= 4 is 34.5 Å². The molecular formula is C12H20Cl2N2S. The zero-order valence-electron chi connectivity index (χ0n) is 10.4. The van der Waals surface area contributed by atoms with E-state index in [4.69, 9.17) is 23.2 Å². The van der Waals surface area contributed by atoms with Crippen LogP contribution in [0.3, 0.4) is 0 Å². The summed E-state index contributed by atoms with van der Waals surface area (Å²) in [5.74, 6) is 0.717. The van der Waals surface area contributed by atoms with Crippen LogP contribution in [-0.2, 0) is 6.54 Å². The first-order valence-electron chi connectivity index (χ1n) is 5.94. The van der Waals surface area contributed by atoms with Crippen molar-refractivity contribution in [2.24, 2.45) is 5.92 Å². The highest BCUT2D eigenvalue weighted by molar-refractivity contribution is 7.20. The standard InChI is InChI=1S/C12H20Cl2N2S/c1-9(2)7-15-4-3-5-16-8-10-6-11(13)17-12(10)14/h6,9,15-16H,3-5,7-8H2,1-2H3. The average Bonchev–Trinajstić information content (AvgIpc) is 2.55. The lowest BCUT2D eigenvalue weighted by molar-refractivity contribution is 0.530. The molecule has 1 aromatic heterocycles. The Hall–Kier alpha value is 0.200. The maximum absolute atomic E-state index is 6.02. The molecule has 98 valence electrons. The Labute approximate surface area is 118 Å². The molecule has 1 rings (SSSR count). The van der Waals surface area contributed by atoms with Crippen LogP contribution in [0.25, 0.3) is 0 Å². The van der Waals surface area contributed by atoms with Crippen molar-refractivity contribution in [1.29, 1.82) is 0 Å². The van der Waals surface area contributed by atoms with E-state index in [1.54, 1.807) is 0 Å². The molecule has 1 aromatic rings. The summed E-state index contributed by atoms with van der Waals surface area (Å²) in [6.07, 6.45) is 1.13. The predicted octanol–water partition coefficient (Wildman–Crippen LogP) is 3.78. The molecule has 0 radical (unpaired) electrons. The van der Waals surface area contributed by atoms with Gasteiger partial charge in [-0.05, 0) is 43.6 Å². The first-order valence-corrected chi connectivity index (χ1v) is 7.52. The largest absolute Gasteiger partial charge is 0.316 e. The minimum absolute atomic E-state index is 0.717. The molecule has 0 bridgehead atoms. The van der Waals surface area contributed by atoms with Crippen molar-refractivity contribution in [3.05, 3.63) is 20.3 Å². The van der Waals surface area contributed by atoms with Gasteiger partial charge in [0.2, 0.25) is 0 Å². The highest BCUT2D eigenvalue weighted by Crippen LogP contribution is 2.30. The highest BCUT2D eigenvalue weighted by Gasteiger charge is 2.04. The van der Waals surface area contributed by atoms with E-state index >= 15 is 0 Å². The van der Waals surface area contributed by atoms with Crippen LogP contribution in [0.5, 0.6) is 0 Å². The van der Waals surface area contributed by atoms with Gasteiger partial charge in [-0.15, -0.1) is 11.3 Å². The summed E-state index contributed by atoms with van der Waals surface area (Å²) in [7, 11) is 0. The van der Waals surface area contributed by atoms with Gasteiger partial charge in [0.25, 0.3) is 0 Å². The molecule has 0 fully saturated rings. The van der Waals surface area contributed by atoms with Crippen LogP contribution in [0.2, 0.25) is 8.67 Å². The number of nitrogens with one attached hydrogen (secondary N) is 2. The van der Waals surface area contributed by atoms with Gasteiger partial charge in [0.15, 0.2) is 0 Å². The van der Waals surface area contributed by atoms with Crippen LogP contribution in [0.1, 0.15) is 25.8 Å². The molecule has 0 aliphatic heterocycles. The fourth-order valence-electron chi connectivity index (χ4n) is 1.45. The summed E-state index contributed by atoms with van der Waals surface area (Å²) >= 11 is 13.3. The van der Waals surface area contributed by atoms with E-state index in [2.05, 4.69) is 24.5 Å². The molecule has 1 heterocycles. The number of rotatable bonds is 8. The molecular weight excluding hydrogens is 275 g/mol. The topological polar surface area (TPSA) is 24.1 Å². The van der Waals surface area contributed by atoms with Crippen molar-refractivity contribution in [2.75, 3.05) is 19.6 Å². The van der Waals surface area contributed by atoms with Gasteiger partial charge in [-0.1, -0.05) is 37.0 Å². The molecule has 2 nitrogen and oxygen atoms in total. The van der Waals surface area contributed by atoms with Crippen LogP contribution in [0.15, 0.2) is 6.07 Å². The van der Waals surface area contributed by atoms with Gasteiger partial charge < -0.3 is 10.6 Å². The number of thiophene rings is 1. The first kappa shape index (κ1) is 15.3. The van der Waals surface area contributed by atoms with E-state index in [0.29, 0.717) is 0 Å². The molecule has 0 aliphatic carbocycles. The third kappa shape index (κ3) is 6.63. The molecule has 2 N–H and O–H groups in total. The molecule has 0 aromatic carbocycles. The van der Waals surface area contributed by atoms with Crippen LogP contribution >= 0.6 is 34.5 Å². The smallest absolute Gasteiger partial charge is 0.0989 e. The fourth-order valence-corrected chi connectivity index (χ4v) is 2.93. The van der Waals surface area contributed by atoms with E-state index in [9.17, 15) is 0 Å². The van der Waals surface area contributed by atoms with Gasteiger partial charge in [0.05, 0.1) is 8.67 Å². The van der Waals surface area contributed by atoms with E-state index < -0.39 is 0 Å². The Kier molecular flexibility index (Phi) is 7.47. The summed E-state index contributed by atoms with van der Waals surface area (Å²) in [6, 6.07) is 1.93. The van der Waals surface area contributed by atoms with Crippen molar-refractivity contribution in [1.82, 2.24) is 10.6 Å². The third-order valence-corrected chi connectivity index (χ3v) is 3.87. The molecule has 0 unspecified atom stereocenters. The third-order valence-electron chi connectivity index (χ3n) is 2.30. The quantitative estimate of drug-likeness (QED) is 0.713. The first-order chi connectivity index (χ1) is 8.09. The van der Waals surface area contributed by atoms with E-state index in [1.165, 1.54) is 11.3 Å². The predicted molar refractivity (Wildman–Crippen MR) is 78.4 cm³/mol. The Balaban J connectivity index is 2.03. The minimum atomic E-state index is 0.717. The average molecular weight is 295 g/mol. The van der Waals surface area contributed by atoms with Gasteiger partial charge in [0, 0.05) is 6.54 Å². The second-order valence-electron chi connectivity index (χ2n) is 4.48. The molecule has 5 heteroatoms. The number of halogens is 2. The van der Waals surface area contributed by atoms with Crippen molar-refractivity contribution in [3.8, 4) is 0 Å². The zero-order chi connectivity index (χ0) is 12.7. The lowest BCUT2D eigenvalue weighted by Crippen LogP contribution is -2.24. The summed E-state index contributed by atoms with van der Waals surface area (Å²) in [6.45, 7) is 8.37. The molecule has 0 saturated carbocycles. The number of hydrogen-bond donors (Lipinski definition) is 2. The molecule has 0 aliphatic rings. The lowest BCUT2D eigenvalue weighted by Gasteiger charge is -2.07. The SMILES string of the molecule is CC(C)CNCCCNCc1cc(Cl)sc1Cl. The summed E-state index contributed by atoms with van der Waals surface area (Å²) < 4.78 is 1.55. The second kappa shape index (κ2) is 8.33.